The molecule has 0 radical (unpaired) electrons. The van der Waals surface area contributed by atoms with Gasteiger partial charge in [-0.3, -0.25) is 19.3 Å². The molecule has 196 valence electrons. The molecule has 1 N–H and O–H groups in total. The Morgan fingerprint density at radius 2 is 1.84 bits per heavy atom. The summed E-state index contributed by atoms with van der Waals surface area (Å²) in [5, 5.41) is 3.17. The molecule has 38 heavy (non-hydrogen) atoms. The Morgan fingerprint density at radius 3 is 2.55 bits per heavy atom. The number of anilines is 1. The predicted molar refractivity (Wildman–Crippen MR) is 154 cm³/mol. The minimum atomic E-state index is -0.546. The van der Waals surface area contributed by atoms with Crippen LogP contribution in [0.3, 0.4) is 0 Å². The summed E-state index contributed by atoms with van der Waals surface area (Å²) < 4.78 is 12.4. The number of para-hydroxylation sites is 1. The molecule has 0 aliphatic carbocycles. The van der Waals surface area contributed by atoms with Crippen LogP contribution in [0.1, 0.15) is 18.1 Å². The van der Waals surface area contributed by atoms with Crippen molar-refractivity contribution in [2.75, 3.05) is 18.5 Å². The third-order valence-electron chi connectivity index (χ3n) is 5.25. The summed E-state index contributed by atoms with van der Waals surface area (Å²) in [6, 6.07) is 17.4. The average Bonchev–Trinajstić information content (AvgIpc) is 3.12. The molecule has 0 unspecified atom stereocenters. The van der Waals surface area contributed by atoms with Gasteiger partial charge in [0.25, 0.3) is 11.1 Å². The zero-order chi connectivity index (χ0) is 27.2. The topological polar surface area (TPSA) is 84.9 Å². The van der Waals surface area contributed by atoms with E-state index < -0.39 is 17.1 Å². The minimum Gasteiger partial charge on any atom is -0.490 e. The second-order valence-electron chi connectivity index (χ2n) is 7.97. The van der Waals surface area contributed by atoms with Crippen LogP contribution in [0.2, 0.25) is 10.0 Å². The number of carbonyl (C=O) groups excluding carboxylic acids is 3. The monoisotopic (exact) mass is 634 g/mol. The van der Waals surface area contributed by atoms with Gasteiger partial charge in [0.1, 0.15) is 13.2 Å². The van der Waals surface area contributed by atoms with Crippen LogP contribution in [-0.4, -0.2) is 35.1 Å². The molecule has 3 aromatic carbocycles. The lowest BCUT2D eigenvalue weighted by Crippen LogP contribution is -2.36. The lowest BCUT2D eigenvalue weighted by atomic mass is 10.1. The first kappa shape index (κ1) is 28.0. The van der Waals surface area contributed by atoms with E-state index in [1.807, 2.05) is 13.0 Å². The number of ether oxygens (including phenoxy) is 2. The molecule has 1 aliphatic rings. The summed E-state index contributed by atoms with van der Waals surface area (Å²) in [4.78, 5) is 38.9. The highest BCUT2D eigenvalue weighted by Gasteiger charge is 2.36. The molecule has 1 saturated heterocycles. The standard InChI is InChI=1S/C27H21BrCl2N2O5S/c1-2-36-22-11-16(10-20(28)25(22)37-15-17-8-9-18(29)13-21(17)30)12-23-26(34)32(27(35)38-23)14-24(33)31-19-6-4-3-5-7-19/h3-13H,2,14-15H2,1H3,(H,31,33)/b23-12-. The van der Waals surface area contributed by atoms with Crippen molar-refractivity contribution >= 4 is 79.7 Å². The third kappa shape index (κ3) is 6.91. The minimum absolute atomic E-state index is 0.179. The second-order valence-corrected chi connectivity index (χ2v) is 10.7. The van der Waals surface area contributed by atoms with Gasteiger partial charge in [0.2, 0.25) is 5.91 Å². The van der Waals surface area contributed by atoms with Gasteiger partial charge < -0.3 is 14.8 Å². The van der Waals surface area contributed by atoms with E-state index in [0.717, 1.165) is 22.2 Å². The fraction of sp³-hybridized carbons (Fsp3) is 0.148. The number of hydrogen-bond acceptors (Lipinski definition) is 6. The highest BCUT2D eigenvalue weighted by molar-refractivity contribution is 9.10. The first-order valence-electron chi connectivity index (χ1n) is 11.4. The molecule has 0 saturated carbocycles. The largest absolute Gasteiger partial charge is 0.490 e. The molecule has 1 aliphatic heterocycles. The average molecular weight is 636 g/mol. The number of carbonyl (C=O) groups is 3. The number of thioether (sulfide) groups is 1. The molecule has 0 aromatic heterocycles. The molecular formula is C27H21BrCl2N2O5S. The molecule has 11 heteroatoms. The van der Waals surface area contributed by atoms with Gasteiger partial charge in [0, 0.05) is 21.3 Å². The maximum atomic E-state index is 12.9. The molecule has 0 atom stereocenters. The maximum absolute atomic E-state index is 12.9. The number of amides is 3. The summed E-state index contributed by atoms with van der Waals surface area (Å²) in [6.45, 7) is 2.01. The Hall–Kier alpha value is -2.98. The Kier molecular flexibility index (Phi) is 9.38. The van der Waals surface area contributed by atoms with Crippen LogP contribution < -0.4 is 14.8 Å². The van der Waals surface area contributed by atoms with Gasteiger partial charge in [-0.05, 0) is 82.7 Å². The van der Waals surface area contributed by atoms with Gasteiger partial charge in [-0.15, -0.1) is 0 Å². The van der Waals surface area contributed by atoms with E-state index in [9.17, 15) is 14.4 Å². The summed E-state index contributed by atoms with van der Waals surface area (Å²) in [7, 11) is 0. The van der Waals surface area contributed by atoms with E-state index in [-0.39, 0.29) is 18.1 Å². The van der Waals surface area contributed by atoms with E-state index in [1.165, 1.54) is 0 Å². The van der Waals surface area contributed by atoms with Crippen LogP contribution in [-0.2, 0) is 16.2 Å². The molecule has 0 bridgehead atoms. The van der Waals surface area contributed by atoms with Crippen LogP contribution in [0, 0.1) is 0 Å². The number of rotatable bonds is 9. The highest BCUT2D eigenvalue weighted by Crippen LogP contribution is 2.40. The summed E-state index contributed by atoms with van der Waals surface area (Å²) in [5.74, 6) is -0.112. The molecule has 3 amide bonds. The second kappa shape index (κ2) is 12.7. The number of halogens is 3. The maximum Gasteiger partial charge on any atom is 0.294 e. The van der Waals surface area contributed by atoms with E-state index in [0.29, 0.717) is 43.9 Å². The lowest BCUT2D eigenvalue weighted by molar-refractivity contribution is -0.127. The Balaban J connectivity index is 1.50. The van der Waals surface area contributed by atoms with Crippen LogP contribution >= 0.6 is 50.9 Å². The Bertz CT molecular complexity index is 1420. The number of nitrogens with one attached hydrogen (secondary N) is 1. The zero-order valence-corrected chi connectivity index (χ0v) is 23.9. The number of imide groups is 1. The van der Waals surface area contributed by atoms with E-state index >= 15 is 0 Å². The molecule has 0 spiro atoms. The van der Waals surface area contributed by atoms with E-state index in [2.05, 4.69) is 21.2 Å². The smallest absolute Gasteiger partial charge is 0.294 e. The van der Waals surface area contributed by atoms with Crippen LogP contribution in [0.15, 0.2) is 70.0 Å². The van der Waals surface area contributed by atoms with Crippen molar-refractivity contribution in [3.8, 4) is 11.5 Å². The predicted octanol–water partition coefficient (Wildman–Crippen LogP) is 7.41. The molecule has 1 heterocycles. The van der Waals surface area contributed by atoms with Crippen molar-refractivity contribution in [2.45, 2.75) is 13.5 Å². The quantitative estimate of drug-likeness (QED) is 0.247. The van der Waals surface area contributed by atoms with E-state index in [4.69, 9.17) is 32.7 Å². The van der Waals surface area contributed by atoms with Gasteiger partial charge in [0.15, 0.2) is 11.5 Å². The van der Waals surface area contributed by atoms with Gasteiger partial charge in [-0.25, -0.2) is 0 Å². The van der Waals surface area contributed by atoms with Crippen LogP contribution in [0.25, 0.3) is 6.08 Å². The van der Waals surface area contributed by atoms with Crippen molar-refractivity contribution in [2.24, 2.45) is 0 Å². The van der Waals surface area contributed by atoms with Gasteiger partial charge >= 0.3 is 0 Å². The summed E-state index contributed by atoms with van der Waals surface area (Å²) in [6.07, 6.45) is 1.58. The lowest BCUT2D eigenvalue weighted by Gasteiger charge is -2.15. The molecule has 7 nitrogen and oxygen atoms in total. The normalized spacial score (nSPS) is 14.2. The summed E-state index contributed by atoms with van der Waals surface area (Å²) >= 11 is 16.5. The third-order valence-corrected chi connectivity index (χ3v) is 7.33. The van der Waals surface area contributed by atoms with Gasteiger partial charge in [0.05, 0.1) is 16.0 Å². The van der Waals surface area contributed by atoms with Gasteiger partial charge in [-0.1, -0.05) is 47.5 Å². The SMILES string of the molecule is CCOc1cc(/C=C2\SC(=O)N(CC(=O)Nc3ccccc3)C2=O)cc(Br)c1OCc1ccc(Cl)cc1Cl. The highest BCUT2D eigenvalue weighted by atomic mass is 79.9. The van der Waals surface area contributed by atoms with Crippen LogP contribution in [0.5, 0.6) is 11.5 Å². The Morgan fingerprint density at radius 1 is 1.08 bits per heavy atom. The first-order chi connectivity index (χ1) is 18.2. The van der Waals surface area contributed by atoms with Crippen molar-refractivity contribution in [3.63, 3.8) is 0 Å². The fourth-order valence-electron chi connectivity index (χ4n) is 3.52. The first-order valence-corrected chi connectivity index (χ1v) is 13.7. The number of nitrogens with zero attached hydrogens (tertiary/aromatic N) is 1. The zero-order valence-electron chi connectivity index (χ0n) is 20.0. The van der Waals surface area contributed by atoms with Crippen molar-refractivity contribution in [1.82, 2.24) is 4.90 Å². The molecule has 1 fully saturated rings. The van der Waals surface area contributed by atoms with Gasteiger partial charge in [-0.2, -0.15) is 0 Å². The van der Waals surface area contributed by atoms with Crippen LogP contribution in [0.4, 0.5) is 10.5 Å². The van der Waals surface area contributed by atoms with E-state index in [1.54, 1.807) is 60.7 Å². The van der Waals surface area contributed by atoms with Crippen molar-refractivity contribution in [1.29, 1.82) is 0 Å². The van der Waals surface area contributed by atoms with Crippen molar-refractivity contribution in [3.05, 3.63) is 91.2 Å². The molecule has 3 aromatic rings. The number of hydrogen-bond donors (Lipinski definition) is 1. The van der Waals surface area contributed by atoms with Crippen molar-refractivity contribution < 1.29 is 23.9 Å². The Labute approximate surface area is 242 Å². The molecule has 4 rings (SSSR count). The summed E-state index contributed by atoms with van der Waals surface area (Å²) in [5.41, 5.74) is 1.94. The fourth-order valence-corrected chi connectivity index (χ4v) is 5.39. The molecular weight excluding hydrogens is 615 g/mol. The number of benzene rings is 3.